The summed E-state index contributed by atoms with van der Waals surface area (Å²) >= 11 is 0. The molecule has 0 spiro atoms. The number of nitrogens with zero attached hydrogens (tertiary/aromatic N) is 2. The molecule has 0 saturated carbocycles. The predicted molar refractivity (Wildman–Crippen MR) is 70.4 cm³/mol. The van der Waals surface area contributed by atoms with Crippen LogP contribution < -0.4 is 5.73 Å². The first-order valence-corrected chi connectivity index (χ1v) is 7.62. The van der Waals surface area contributed by atoms with Crippen molar-refractivity contribution < 1.29 is 8.42 Å². The maximum Gasteiger partial charge on any atom is 0.243 e. The van der Waals surface area contributed by atoms with Gasteiger partial charge in [0.2, 0.25) is 10.0 Å². The molecule has 1 aliphatic heterocycles. The molecule has 2 atom stereocenters. The highest BCUT2D eigenvalue weighted by Gasteiger charge is 2.35. The van der Waals surface area contributed by atoms with Gasteiger partial charge in [0.05, 0.1) is 4.90 Å². The van der Waals surface area contributed by atoms with Crippen molar-refractivity contribution in [3.05, 3.63) is 18.3 Å². The molecule has 0 radical (unpaired) electrons. The molecule has 2 N–H and O–H groups in total. The Balaban J connectivity index is 2.41. The van der Waals surface area contributed by atoms with Crippen LogP contribution in [0.3, 0.4) is 0 Å². The van der Waals surface area contributed by atoms with Crippen LogP contribution in [0.15, 0.2) is 23.2 Å². The van der Waals surface area contributed by atoms with Gasteiger partial charge in [-0.2, -0.15) is 4.31 Å². The van der Waals surface area contributed by atoms with Gasteiger partial charge in [-0.15, -0.1) is 0 Å². The normalized spacial score (nSPS) is 26.1. The van der Waals surface area contributed by atoms with Gasteiger partial charge in [0.15, 0.2) is 0 Å². The number of piperidine rings is 1. The zero-order valence-corrected chi connectivity index (χ0v) is 11.5. The molecule has 1 aromatic heterocycles. The Bertz CT molecular complexity index is 520. The van der Waals surface area contributed by atoms with Gasteiger partial charge in [0.25, 0.3) is 0 Å². The number of rotatable bonds is 2. The molecule has 0 aromatic carbocycles. The molecule has 0 bridgehead atoms. The molecular formula is C12H19N3O2S. The van der Waals surface area contributed by atoms with Crippen LogP contribution in [-0.4, -0.2) is 29.8 Å². The zero-order valence-electron chi connectivity index (χ0n) is 10.7. The number of pyridine rings is 1. The van der Waals surface area contributed by atoms with E-state index in [0.717, 1.165) is 19.3 Å². The van der Waals surface area contributed by atoms with Crippen molar-refractivity contribution in [1.29, 1.82) is 0 Å². The maximum absolute atomic E-state index is 12.6. The van der Waals surface area contributed by atoms with Crippen LogP contribution >= 0.6 is 0 Å². The van der Waals surface area contributed by atoms with Crippen LogP contribution in [0, 0.1) is 0 Å². The summed E-state index contributed by atoms with van der Waals surface area (Å²) in [4.78, 5) is 4.06. The fourth-order valence-corrected chi connectivity index (χ4v) is 4.49. The Morgan fingerprint density at radius 1 is 1.33 bits per heavy atom. The van der Waals surface area contributed by atoms with E-state index in [0.29, 0.717) is 0 Å². The van der Waals surface area contributed by atoms with E-state index >= 15 is 0 Å². The van der Waals surface area contributed by atoms with Gasteiger partial charge in [-0.05, 0) is 32.8 Å². The smallest absolute Gasteiger partial charge is 0.243 e. The average molecular weight is 269 g/mol. The van der Waals surface area contributed by atoms with Crippen molar-refractivity contribution in [2.75, 3.05) is 5.73 Å². The minimum Gasteiger partial charge on any atom is -0.384 e. The van der Waals surface area contributed by atoms with Gasteiger partial charge < -0.3 is 5.73 Å². The highest BCUT2D eigenvalue weighted by molar-refractivity contribution is 7.89. The van der Waals surface area contributed by atoms with E-state index in [2.05, 4.69) is 4.98 Å². The summed E-state index contributed by atoms with van der Waals surface area (Å²) in [6.07, 6.45) is 4.32. The van der Waals surface area contributed by atoms with Crippen LogP contribution in [0.25, 0.3) is 0 Å². The number of sulfonamides is 1. The van der Waals surface area contributed by atoms with Crippen LogP contribution in [0.1, 0.15) is 33.1 Å². The molecule has 6 heteroatoms. The van der Waals surface area contributed by atoms with Crippen molar-refractivity contribution in [2.45, 2.75) is 50.1 Å². The summed E-state index contributed by atoms with van der Waals surface area (Å²) in [5.41, 5.74) is 5.56. The molecule has 100 valence electrons. The summed E-state index contributed by atoms with van der Waals surface area (Å²) in [6, 6.07) is 2.99. The highest BCUT2D eigenvalue weighted by atomic mass is 32.2. The number of aromatic nitrogens is 1. The van der Waals surface area contributed by atoms with Gasteiger partial charge in [-0.1, -0.05) is 6.42 Å². The van der Waals surface area contributed by atoms with E-state index in [-0.39, 0.29) is 22.8 Å². The van der Waals surface area contributed by atoms with Crippen LogP contribution in [0.2, 0.25) is 0 Å². The number of nitrogen functional groups attached to an aromatic ring is 1. The number of nitrogens with two attached hydrogens (primary N) is 1. The largest absolute Gasteiger partial charge is 0.384 e. The van der Waals surface area contributed by atoms with Crippen LogP contribution in [0.4, 0.5) is 5.82 Å². The SMILES string of the molecule is CC1CCCC(C)N1S(=O)(=O)c1ccnc(N)c1. The fourth-order valence-electron chi connectivity index (χ4n) is 2.58. The standard InChI is InChI=1S/C12H19N3O2S/c1-9-4-3-5-10(2)15(9)18(16,17)11-6-7-14-12(13)8-11/h6-10H,3-5H2,1-2H3,(H2,13,14). The van der Waals surface area contributed by atoms with Gasteiger partial charge in [0, 0.05) is 24.3 Å². The number of anilines is 1. The lowest BCUT2D eigenvalue weighted by molar-refractivity contribution is 0.204. The van der Waals surface area contributed by atoms with Crippen LogP contribution in [0.5, 0.6) is 0 Å². The molecule has 2 heterocycles. The van der Waals surface area contributed by atoms with Crippen molar-refractivity contribution in [2.24, 2.45) is 0 Å². The molecule has 2 rings (SSSR count). The van der Waals surface area contributed by atoms with E-state index < -0.39 is 10.0 Å². The minimum absolute atomic E-state index is 0.0353. The molecule has 18 heavy (non-hydrogen) atoms. The first-order valence-electron chi connectivity index (χ1n) is 6.18. The number of hydrogen-bond donors (Lipinski definition) is 1. The third-order valence-corrected chi connectivity index (χ3v) is 5.57. The second kappa shape index (κ2) is 4.85. The summed E-state index contributed by atoms with van der Waals surface area (Å²) in [5.74, 6) is 0.230. The predicted octanol–water partition coefficient (Wildman–Crippen LogP) is 1.62. The Kier molecular flexibility index (Phi) is 3.59. The Morgan fingerprint density at radius 2 is 1.94 bits per heavy atom. The molecule has 0 aliphatic carbocycles. The molecule has 2 unspecified atom stereocenters. The molecule has 1 aromatic rings. The highest BCUT2D eigenvalue weighted by Crippen LogP contribution is 2.29. The second-order valence-electron chi connectivity index (χ2n) is 4.88. The minimum atomic E-state index is -3.47. The van der Waals surface area contributed by atoms with Crippen LogP contribution in [-0.2, 0) is 10.0 Å². The monoisotopic (exact) mass is 269 g/mol. The van der Waals surface area contributed by atoms with Crippen molar-refractivity contribution >= 4 is 15.8 Å². The van der Waals surface area contributed by atoms with Crippen molar-refractivity contribution in [3.63, 3.8) is 0 Å². The van der Waals surface area contributed by atoms with E-state index in [9.17, 15) is 8.42 Å². The molecule has 1 fully saturated rings. The van der Waals surface area contributed by atoms with E-state index in [1.54, 1.807) is 4.31 Å². The van der Waals surface area contributed by atoms with E-state index in [1.807, 2.05) is 13.8 Å². The maximum atomic E-state index is 12.6. The average Bonchev–Trinajstić information content (AvgIpc) is 2.28. The summed E-state index contributed by atoms with van der Waals surface area (Å²) in [6.45, 7) is 3.91. The Labute approximate surface area is 108 Å². The summed E-state index contributed by atoms with van der Waals surface area (Å²) < 4.78 is 26.8. The first kappa shape index (κ1) is 13.3. The van der Waals surface area contributed by atoms with Gasteiger partial charge in [0.1, 0.15) is 5.82 Å². The third-order valence-electron chi connectivity index (χ3n) is 3.44. The fraction of sp³-hybridized carbons (Fsp3) is 0.583. The molecule has 5 nitrogen and oxygen atoms in total. The Hall–Kier alpha value is -1.14. The lowest BCUT2D eigenvalue weighted by Crippen LogP contribution is -2.47. The first-order chi connectivity index (χ1) is 8.43. The second-order valence-corrected chi connectivity index (χ2v) is 6.72. The van der Waals surface area contributed by atoms with Crippen molar-refractivity contribution in [1.82, 2.24) is 9.29 Å². The third kappa shape index (κ3) is 2.35. The molecular weight excluding hydrogens is 250 g/mol. The lowest BCUT2D eigenvalue weighted by Gasteiger charge is -2.37. The van der Waals surface area contributed by atoms with Gasteiger partial charge in [-0.3, -0.25) is 0 Å². The lowest BCUT2D eigenvalue weighted by atomic mass is 10.0. The van der Waals surface area contributed by atoms with Gasteiger partial charge in [-0.25, -0.2) is 13.4 Å². The van der Waals surface area contributed by atoms with Crippen molar-refractivity contribution in [3.8, 4) is 0 Å². The summed E-state index contributed by atoms with van der Waals surface area (Å²) in [5, 5.41) is 0. The molecule has 0 amide bonds. The number of hydrogen-bond acceptors (Lipinski definition) is 4. The molecule has 1 saturated heterocycles. The van der Waals surface area contributed by atoms with E-state index in [4.69, 9.17) is 5.73 Å². The summed E-state index contributed by atoms with van der Waals surface area (Å²) in [7, 11) is -3.47. The van der Waals surface area contributed by atoms with E-state index in [1.165, 1.54) is 18.3 Å². The van der Waals surface area contributed by atoms with Gasteiger partial charge >= 0.3 is 0 Å². The zero-order chi connectivity index (χ0) is 13.3. The Morgan fingerprint density at radius 3 is 2.50 bits per heavy atom. The molecule has 1 aliphatic rings. The quantitative estimate of drug-likeness (QED) is 0.885. The topological polar surface area (TPSA) is 76.3 Å².